The number of halogens is 1. The predicted molar refractivity (Wildman–Crippen MR) is 80.3 cm³/mol. The van der Waals surface area contributed by atoms with E-state index in [1.807, 2.05) is 24.4 Å². The largest absolute Gasteiger partial charge is 0.246 e. The van der Waals surface area contributed by atoms with Crippen LogP contribution in [0.3, 0.4) is 0 Å². The SMILES string of the molecule is Cc1cc(C)nc(Sc2nc(Cl)nc3sccc23)c1. The Morgan fingerprint density at radius 2 is 2.00 bits per heavy atom. The summed E-state index contributed by atoms with van der Waals surface area (Å²) in [5.41, 5.74) is 2.20. The summed E-state index contributed by atoms with van der Waals surface area (Å²) in [7, 11) is 0. The van der Waals surface area contributed by atoms with Gasteiger partial charge in [0.15, 0.2) is 0 Å². The highest BCUT2D eigenvalue weighted by atomic mass is 35.5. The summed E-state index contributed by atoms with van der Waals surface area (Å²) in [6.45, 7) is 4.05. The third-order valence-electron chi connectivity index (χ3n) is 2.54. The molecule has 3 heterocycles. The quantitative estimate of drug-likeness (QED) is 0.516. The average Bonchev–Trinajstić information content (AvgIpc) is 2.75. The lowest BCUT2D eigenvalue weighted by atomic mass is 10.3. The first-order valence-corrected chi connectivity index (χ1v) is 7.73. The monoisotopic (exact) mass is 307 g/mol. The maximum absolute atomic E-state index is 5.96. The summed E-state index contributed by atoms with van der Waals surface area (Å²) in [4.78, 5) is 13.9. The lowest BCUT2D eigenvalue weighted by molar-refractivity contribution is 1.04. The highest BCUT2D eigenvalue weighted by molar-refractivity contribution is 7.99. The van der Waals surface area contributed by atoms with Crippen LogP contribution < -0.4 is 0 Å². The minimum absolute atomic E-state index is 0.279. The molecule has 6 heteroatoms. The number of pyridine rings is 1. The maximum Gasteiger partial charge on any atom is 0.224 e. The Balaban J connectivity index is 2.07. The van der Waals surface area contributed by atoms with Crippen LogP contribution in [-0.2, 0) is 0 Å². The molecule has 3 aromatic heterocycles. The molecule has 0 unspecified atom stereocenters. The number of thiophene rings is 1. The molecule has 0 saturated heterocycles. The van der Waals surface area contributed by atoms with Crippen molar-refractivity contribution in [3.63, 3.8) is 0 Å². The fourth-order valence-electron chi connectivity index (χ4n) is 1.84. The molecule has 3 rings (SSSR count). The van der Waals surface area contributed by atoms with E-state index in [1.54, 1.807) is 11.3 Å². The van der Waals surface area contributed by atoms with Crippen molar-refractivity contribution in [1.29, 1.82) is 0 Å². The Labute approximate surface area is 124 Å². The van der Waals surface area contributed by atoms with Gasteiger partial charge in [-0.25, -0.2) is 15.0 Å². The van der Waals surface area contributed by atoms with E-state index in [-0.39, 0.29) is 5.28 Å². The Hall–Kier alpha value is -1.17. The van der Waals surface area contributed by atoms with Crippen LogP contribution in [0.2, 0.25) is 5.28 Å². The lowest BCUT2D eigenvalue weighted by Crippen LogP contribution is -1.90. The summed E-state index contributed by atoms with van der Waals surface area (Å²) in [6, 6.07) is 6.12. The minimum atomic E-state index is 0.279. The second-order valence-electron chi connectivity index (χ2n) is 4.16. The van der Waals surface area contributed by atoms with Crippen molar-refractivity contribution in [3.8, 4) is 0 Å². The van der Waals surface area contributed by atoms with Crippen molar-refractivity contribution in [2.24, 2.45) is 0 Å². The maximum atomic E-state index is 5.96. The Morgan fingerprint density at radius 1 is 1.16 bits per heavy atom. The van der Waals surface area contributed by atoms with E-state index in [1.165, 1.54) is 17.3 Å². The molecule has 0 aliphatic heterocycles. The summed E-state index contributed by atoms with van der Waals surface area (Å²) < 4.78 is 0. The number of aryl methyl sites for hydroxylation is 2. The van der Waals surface area contributed by atoms with Crippen LogP contribution in [0, 0.1) is 13.8 Å². The van der Waals surface area contributed by atoms with E-state index in [0.717, 1.165) is 26.0 Å². The molecule has 96 valence electrons. The molecule has 0 spiro atoms. The highest BCUT2D eigenvalue weighted by Gasteiger charge is 2.10. The van der Waals surface area contributed by atoms with Gasteiger partial charge in [-0.05, 0) is 66.4 Å². The Kier molecular flexibility index (Phi) is 3.43. The van der Waals surface area contributed by atoms with E-state index in [9.17, 15) is 0 Å². The van der Waals surface area contributed by atoms with Gasteiger partial charge in [-0.3, -0.25) is 0 Å². The molecular formula is C13H10ClN3S2. The third-order valence-corrected chi connectivity index (χ3v) is 4.44. The third kappa shape index (κ3) is 2.73. The van der Waals surface area contributed by atoms with E-state index in [0.29, 0.717) is 0 Å². The van der Waals surface area contributed by atoms with Crippen molar-refractivity contribution in [3.05, 3.63) is 40.1 Å². The van der Waals surface area contributed by atoms with Gasteiger partial charge in [0, 0.05) is 11.1 Å². The van der Waals surface area contributed by atoms with Gasteiger partial charge in [0.25, 0.3) is 0 Å². The van der Waals surface area contributed by atoms with Crippen LogP contribution in [0.25, 0.3) is 10.2 Å². The van der Waals surface area contributed by atoms with Crippen LogP contribution in [0.15, 0.2) is 33.6 Å². The van der Waals surface area contributed by atoms with Gasteiger partial charge in [0.05, 0.1) is 0 Å². The van der Waals surface area contributed by atoms with Crippen LogP contribution in [-0.4, -0.2) is 15.0 Å². The van der Waals surface area contributed by atoms with E-state index in [2.05, 4.69) is 27.9 Å². The zero-order valence-electron chi connectivity index (χ0n) is 10.3. The molecule has 19 heavy (non-hydrogen) atoms. The topological polar surface area (TPSA) is 38.7 Å². The fourth-order valence-corrected chi connectivity index (χ4v) is 3.97. The van der Waals surface area contributed by atoms with Crippen molar-refractivity contribution in [1.82, 2.24) is 15.0 Å². The van der Waals surface area contributed by atoms with E-state index < -0.39 is 0 Å². The summed E-state index contributed by atoms with van der Waals surface area (Å²) in [5.74, 6) is 0. The molecule has 0 aliphatic carbocycles. The number of rotatable bonds is 2. The molecular weight excluding hydrogens is 298 g/mol. The normalized spacial score (nSPS) is 11.1. The minimum Gasteiger partial charge on any atom is -0.246 e. The Morgan fingerprint density at radius 3 is 2.79 bits per heavy atom. The summed E-state index contributed by atoms with van der Waals surface area (Å²) in [6.07, 6.45) is 0. The molecule has 3 aromatic rings. The number of hydrogen-bond donors (Lipinski definition) is 0. The van der Waals surface area contributed by atoms with Crippen LogP contribution in [0.1, 0.15) is 11.3 Å². The van der Waals surface area contributed by atoms with Crippen molar-refractivity contribution in [2.75, 3.05) is 0 Å². The molecule has 3 nitrogen and oxygen atoms in total. The Bertz CT molecular complexity index is 734. The van der Waals surface area contributed by atoms with Crippen LogP contribution in [0.4, 0.5) is 0 Å². The van der Waals surface area contributed by atoms with E-state index >= 15 is 0 Å². The number of fused-ring (bicyclic) bond motifs is 1. The molecule has 0 amide bonds. The number of aromatic nitrogens is 3. The van der Waals surface area contributed by atoms with Crippen molar-refractivity contribution < 1.29 is 0 Å². The highest BCUT2D eigenvalue weighted by Crippen LogP contribution is 2.33. The predicted octanol–water partition coefficient (Wildman–Crippen LogP) is 4.51. The smallest absolute Gasteiger partial charge is 0.224 e. The molecule has 0 aromatic carbocycles. The molecule has 0 bridgehead atoms. The van der Waals surface area contributed by atoms with Gasteiger partial charge in [-0.15, -0.1) is 11.3 Å². The average molecular weight is 308 g/mol. The second kappa shape index (κ2) is 5.07. The van der Waals surface area contributed by atoms with Crippen LogP contribution >= 0.6 is 34.7 Å². The summed E-state index contributed by atoms with van der Waals surface area (Å²) >= 11 is 9.05. The standard InChI is InChI=1S/C13H10ClN3S2/c1-7-5-8(2)15-10(6-7)19-12-9-3-4-18-11(9)16-13(14)17-12/h3-6H,1-2H3. The first kappa shape index (κ1) is 12.8. The molecule has 0 aliphatic rings. The number of nitrogens with zero attached hydrogens (tertiary/aromatic N) is 3. The molecule has 0 fully saturated rings. The number of hydrogen-bond acceptors (Lipinski definition) is 5. The van der Waals surface area contributed by atoms with Crippen molar-refractivity contribution >= 4 is 44.9 Å². The van der Waals surface area contributed by atoms with Gasteiger partial charge in [0.2, 0.25) is 5.28 Å². The molecule has 0 radical (unpaired) electrons. The van der Waals surface area contributed by atoms with Crippen LogP contribution in [0.5, 0.6) is 0 Å². The summed E-state index contributed by atoms with van der Waals surface area (Å²) in [5, 5.41) is 5.09. The zero-order chi connectivity index (χ0) is 13.4. The first-order valence-electron chi connectivity index (χ1n) is 5.66. The van der Waals surface area contributed by atoms with Gasteiger partial charge in [0.1, 0.15) is 14.9 Å². The van der Waals surface area contributed by atoms with Gasteiger partial charge in [-0.1, -0.05) is 0 Å². The van der Waals surface area contributed by atoms with Gasteiger partial charge in [-0.2, -0.15) is 0 Å². The van der Waals surface area contributed by atoms with E-state index in [4.69, 9.17) is 11.6 Å². The zero-order valence-corrected chi connectivity index (χ0v) is 12.7. The molecule has 0 atom stereocenters. The van der Waals surface area contributed by atoms with Gasteiger partial charge < -0.3 is 0 Å². The first-order chi connectivity index (χ1) is 9.11. The second-order valence-corrected chi connectivity index (χ2v) is 6.41. The molecule has 0 N–H and O–H groups in total. The lowest BCUT2D eigenvalue weighted by Gasteiger charge is -2.04. The fraction of sp³-hybridized carbons (Fsp3) is 0.154. The molecule has 0 saturated carbocycles. The van der Waals surface area contributed by atoms with Gasteiger partial charge >= 0.3 is 0 Å². The van der Waals surface area contributed by atoms with Crippen molar-refractivity contribution in [2.45, 2.75) is 23.9 Å².